The zero-order chi connectivity index (χ0) is 15.2. The highest BCUT2D eigenvalue weighted by Gasteiger charge is 2.14. The van der Waals surface area contributed by atoms with Crippen molar-refractivity contribution in [1.82, 2.24) is 0 Å². The Morgan fingerprint density at radius 2 is 1.81 bits per heavy atom. The Labute approximate surface area is 129 Å². The molecule has 0 aromatic heterocycles. The summed E-state index contributed by atoms with van der Waals surface area (Å²) in [5.74, 6) is -0.308. The van der Waals surface area contributed by atoms with Gasteiger partial charge in [-0.1, -0.05) is 24.3 Å². The molecule has 0 radical (unpaired) electrons. The molecule has 0 saturated heterocycles. The number of ketones is 1. The first-order valence-corrected chi connectivity index (χ1v) is 8.05. The maximum atomic E-state index is 13.8. The molecule has 0 amide bonds. The Bertz CT molecular complexity index is 612. The van der Waals surface area contributed by atoms with Gasteiger partial charge in [-0.25, -0.2) is 4.39 Å². The average molecular weight is 303 g/mol. The van der Waals surface area contributed by atoms with Crippen molar-refractivity contribution in [3.8, 4) is 0 Å². The number of Topliss-reactive ketones (excluding diaryl/α,β-unsaturated/α-hetero) is 1. The van der Waals surface area contributed by atoms with Gasteiger partial charge in [0, 0.05) is 17.0 Å². The van der Waals surface area contributed by atoms with Gasteiger partial charge in [0.15, 0.2) is 5.78 Å². The number of benzene rings is 2. The van der Waals surface area contributed by atoms with Gasteiger partial charge in [-0.15, -0.1) is 11.8 Å². The summed E-state index contributed by atoms with van der Waals surface area (Å²) in [6.45, 7) is 2.67. The van der Waals surface area contributed by atoms with Gasteiger partial charge in [-0.3, -0.25) is 4.79 Å². The van der Waals surface area contributed by atoms with Crippen molar-refractivity contribution in [2.24, 2.45) is 0 Å². The minimum Gasteiger partial charge on any atom is -0.362 e. The summed E-state index contributed by atoms with van der Waals surface area (Å²) in [5.41, 5.74) is 1.12. The summed E-state index contributed by atoms with van der Waals surface area (Å²) < 4.78 is 13.8. The lowest BCUT2D eigenvalue weighted by Gasteiger charge is -2.22. The van der Waals surface area contributed by atoms with E-state index in [1.807, 2.05) is 37.4 Å². The van der Waals surface area contributed by atoms with Crippen LogP contribution in [0.5, 0.6) is 0 Å². The molecule has 0 saturated carbocycles. The normalized spacial score (nSPS) is 10.4. The third-order valence-electron chi connectivity index (χ3n) is 3.32. The van der Waals surface area contributed by atoms with Gasteiger partial charge in [0.25, 0.3) is 0 Å². The minimum atomic E-state index is -0.301. The number of anilines is 1. The van der Waals surface area contributed by atoms with E-state index in [9.17, 15) is 9.18 Å². The Morgan fingerprint density at radius 1 is 1.14 bits per heavy atom. The summed E-state index contributed by atoms with van der Waals surface area (Å²) in [4.78, 5) is 15.2. The maximum absolute atomic E-state index is 13.8. The Balaban J connectivity index is 2.14. The maximum Gasteiger partial charge on any atom is 0.182 e. The van der Waals surface area contributed by atoms with E-state index in [1.165, 1.54) is 6.07 Å². The van der Waals surface area contributed by atoms with Crippen LogP contribution in [0.15, 0.2) is 53.4 Å². The van der Waals surface area contributed by atoms with Gasteiger partial charge in [0.2, 0.25) is 0 Å². The van der Waals surface area contributed by atoms with Crippen LogP contribution in [0.2, 0.25) is 0 Å². The largest absolute Gasteiger partial charge is 0.362 e. The second-order valence-electron chi connectivity index (χ2n) is 4.62. The molecule has 0 spiro atoms. The number of para-hydroxylation sites is 1. The van der Waals surface area contributed by atoms with Crippen LogP contribution < -0.4 is 4.90 Å². The number of hydrogen-bond donors (Lipinski definition) is 0. The molecule has 2 rings (SSSR count). The Hall–Kier alpha value is -1.81. The topological polar surface area (TPSA) is 20.3 Å². The summed E-state index contributed by atoms with van der Waals surface area (Å²) in [6, 6.07) is 14.0. The molecule has 110 valence electrons. The lowest BCUT2D eigenvalue weighted by Crippen LogP contribution is -2.30. The molecule has 0 aliphatic heterocycles. The number of carbonyl (C=O) groups is 1. The van der Waals surface area contributed by atoms with E-state index >= 15 is 0 Å². The van der Waals surface area contributed by atoms with Crippen LogP contribution in [-0.4, -0.2) is 25.1 Å². The number of thioether (sulfide) groups is 1. The number of halogens is 1. The van der Waals surface area contributed by atoms with Crippen LogP contribution in [0.3, 0.4) is 0 Å². The van der Waals surface area contributed by atoms with Crippen molar-refractivity contribution in [3.63, 3.8) is 0 Å². The molecule has 0 unspecified atom stereocenters. The fourth-order valence-corrected chi connectivity index (χ4v) is 2.53. The first-order valence-electron chi connectivity index (χ1n) is 6.82. The first-order chi connectivity index (χ1) is 10.2. The molecule has 0 aliphatic carbocycles. The molecule has 2 nitrogen and oxygen atoms in total. The zero-order valence-electron chi connectivity index (χ0n) is 12.2. The number of carbonyl (C=O) groups excluding carboxylic acids is 1. The monoisotopic (exact) mass is 303 g/mol. The van der Waals surface area contributed by atoms with Crippen LogP contribution in [0.1, 0.15) is 17.3 Å². The number of nitrogens with zero attached hydrogens (tertiary/aromatic N) is 1. The molecule has 2 aromatic rings. The van der Waals surface area contributed by atoms with Crippen molar-refractivity contribution in [3.05, 3.63) is 59.9 Å². The van der Waals surface area contributed by atoms with Crippen LogP contribution in [0.25, 0.3) is 0 Å². The molecular weight excluding hydrogens is 285 g/mol. The summed E-state index contributed by atoms with van der Waals surface area (Å²) >= 11 is 1.64. The van der Waals surface area contributed by atoms with Crippen LogP contribution in [0, 0.1) is 5.82 Å². The average Bonchev–Trinajstić information content (AvgIpc) is 2.53. The van der Waals surface area contributed by atoms with Gasteiger partial charge in [-0.2, -0.15) is 0 Å². The van der Waals surface area contributed by atoms with E-state index in [0.29, 0.717) is 17.8 Å². The van der Waals surface area contributed by atoms with Crippen molar-refractivity contribution < 1.29 is 9.18 Å². The second-order valence-corrected chi connectivity index (χ2v) is 5.50. The third-order valence-corrected chi connectivity index (χ3v) is 4.06. The second kappa shape index (κ2) is 7.27. The highest BCUT2D eigenvalue weighted by molar-refractivity contribution is 7.98. The van der Waals surface area contributed by atoms with E-state index in [2.05, 4.69) is 0 Å². The van der Waals surface area contributed by atoms with Gasteiger partial charge in [0.1, 0.15) is 5.82 Å². The lowest BCUT2D eigenvalue weighted by molar-refractivity contribution is 0.0999. The Morgan fingerprint density at radius 3 is 2.38 bits per heavy atom. The van der Waals surface area contributed by atoms with E-state index in [-0.39, 0.29) is 18.1 Å². The molecule has 0 bridgehead atoms. The quantitative estimate of drug-likeness (QED) is 0.587. The predicted molar refractivity (Wildman–Crippen MR) is 86.8 cm³/mol. The SMILES string of the molecule is CCN(CC(=O)c1ccc(SC)cc1)c1ccccc1F. The van der Waals surface area contributed by atoms with E-state index in [4.69, 9.17) is 0 Å². The Kier molecular flexibility index (Phi) is 5.39. The van der Waals surface area contributed by atoms with Crippen LogP contribution in [-0.2, 0) is 0 Å². The number of likely N-dealkylation sites (N-methyl/N-ethyl adjacent to an activating group) is 1. The predicted octanol–water partition coefficient (Wildman–Crippen LogP) is 4.26. The molecule has 4 heteroatoms. The number of hydrogen-bond acceptors (Lipinski definition) is 3. The van der Waals surface area contributed by atoms with Gasteiger partial charge < -0.3 is 4.90 Å². The fourth-order valence-electron chi connectivity index (χ4n) is 2.12. The molecule has 0 N–H and O–H groups in total. The number of rotatable bonds is 6. The molecule has 0 aliphatic rings. The highest BCUT2D eigenvalue weighted by atomic mass is 32.2. The lowest BCUT2D eigenvalue weighted by atomic mass is 10.1. The molecule has 2 aromatic carbocycles. The van der Waals surface area contributed by atoms with E-state index in [0.717, 1.165) is 4.90 Å². The zero-order valence-corrected chi connectivity index (χ0v) is 13.0. The summed E-state index contributed by atoms with van der Waals surface area (Å²) in [7, 11) is 0. The van der Waals surface area contributed by atoms with E-state index in [1.54, 1.807) is 34.9 Å². The fraction of sp³-hybridized carbons (Fsp3) is 0.235. The molecule has 0 atom stereocenters. The van der Waals surface area contributed by atoms with Crippen LogP contribution >= 0.6 is 11.8 Å². The highest BCUT2D eigenvalue weighted by Crippen LogP contribution is 2.20. The summed E-state index contributed by atoms with van der Waals surface area (Å²) in [6.07, 6.45) is 1.99. The standard InChI is InChI=1S/C17H18FNOS/c1-3-19(16-7-5-4-6-15(16)18)12-17(20)13-8-10-14(21-2)11-9-13/h4-11H,3,12H2,1-2H3. The first kappa shape index (κ1) is 15.6. The smallest absolute Gasteiger partial charge is 0.182 e. The summed E-state index contributed by atoms with van der Waals surface area (Å²) in [5, 5.41) is 0. The van der Waals surface area contributed by atoms with Crippen LogP contribution in [0.4, 0.5) is 10.1 Å². The van der Waals surface area contributed by atoms with Crippen molar-refractivity contribution in [2.45, 2.75) is 11.8 Å². The van der Waals surface area contributed by atoms with Crippen molar-refractivity contribution in [1.29, 1.82) is 0 Å². The molecule has 21 heavy (non-hydrogen) atoms. The molecule has 0 heterocycles. The minimum absolute atomic E-state index is 0.00671. The van der Waals surface area contributed by atoms with Gasteiger partial charge >= 0.3 is 0 Å². The van der Waals surface area contributed by atoms with Gasteiger partial charge in [0.05, 0.1) is 12.2 Å². The van der Waals surface area contributed by atoms with Crippen molar-refractivity contribution >= 4 is 23.2 Å². The van der Waals surface area contributed by atoms with E-state index < -0.39 is 0 Å². The van der Waals surface area contributed by atoms with Gasteiger partial charge in [-0.05, 0) is 37.4 Å². The molecule has 0 fully saturated rings. The third kappa shape index (κ3) is 3.85. The van der Waals surface area contributed by atoms with Crippen molar-refractivity contribution in [2.75, 3.05) is 24.2 Å². The molecular formula is C17H18FNOS.